The number of piperidine rings is 1. The average molecular weight is 446 g/mol. The van der Waals surface area contributed by atoms with E-state index in [1.54, 1.807) is 7.05 Å². The number of rotatable bonds is 4. The summed E-state index contributed by atoms with van der Waals surface area (Å²) in [6.45, 7) is 7.33. The summed E-state index contributed by atoms with van der Waals surface area (Å²) in [5.41, 5.74) is 0.778. The maximum atomic E-state index is 13.2. The van der Waals surface area contributed by atoms with Gasteiger partial charge in [0.2, 0.25) is 5.91 Å². The molecule has 3 aliphatic rings. The molecule has 0 aromatic heterocycles. The van der Waals surface area contributed by atoms with Crippen LogP contribution in [0.15, 0.2) is 24.3 Å². The molecular weight excluding hydrogens is 409 g/mol. The largest absolute Gasteiger partial charge is 0.369 e. The summed E-state index contributed by atoms with van der Waals surface area (Å²) in [7, 11) is 3.60. The first-order chi connectivity index (χ1) is 15.3. The van der Waals surface area contributed by atoms with Crippen LogP contribution in [0.4, 0.5) is 14.9 Å². The zero-order chi connectivity index (χ0) is 22.9. The molecule has 32 heavy (non-hydrogen) atoms. The minimum atomic E-state index is -0.295. The predicted octanol–water partition coefficient (Wildman–Crippen LogP) is 2.38. The first kappa shape index (κ1) is 22.8. The van der Waals surface area contributed by atoms with E-state index in [1.807, 2.05) is 29.0 Å². The second-order valence-corrected chi connectivity index (χ2v) is 9.69. The van der Waals surface area contributed by atoms with Crippen molar-refractivity contribution in [3.63, 3.8) is 0 Å². The third-order valence-corrected chi connectivity index (χ3v) is 7.88. The Morgan fingerprint density at radius 3 is 2.47 bits per heavy atom. The first-order valence-electron chi connectivity index (χ1n) is 11.8. The second-order valence-electron chi connectivity index (χ2n) is 9.69. The molecule has 1 aromatic rings. The molecule has 8 heteroatoms. The van der Waals surface area contributed by atoms with Gasteiger partial charge in [-0.3, -0.25) is 9.69 Å². The highest BCUT2D eigenvalue weighted by Gasteiger charge is 2.51. The Morgan fingerprint density at radius 1 is 1.16 bits per heavy atom. The summed E-state index contributed by atoms with van der Waals surface area (Å²) in [4.78, 5) is 33.7. The van der Waals surface area contributed by atoms with Crippen molar-refractivity contribution in [3.8, 4) is 0 Å². The van der Waals surface area contributed by atoms with Gasteiger partial charge in [-0.05, 0) is 56.9 Å². The number of hydrogen-bond acceptors (Lipinski definition) is 4. The highest BCUT2D eigenvalue weighted by molar-refractivity contribution is 5.85. The van der Waals surface area contributed by atoms with Crippen LogP contribution in [0.3, 0.4) is 0 Å². The lowest BCUT2D eigenvalue weighted by atomic mass is 9.75. The third-order valence-electron chi connectivity index (χ3n) is 7.88. The highest BCUT2D eigenvalue weighted by atomic mass is 19.1. The Balaban J connectivity index is 1.29. The Morgan fingerprint density at radius 2 is 1.84 bits per heavy atom. The number of nitrogens with zero attached hydrogens (tertiary/aromatic N) is 4. The van der Waals surface area contributed by atoms with Gasteiger partial charge in [-0.2, -0.15) is 0 Å². The molecule has 176 valence electrons. The zero-order valence-corrected chi connectivity index (χ0v) is 19.5. The Bertz CT molecular complexity index is 824. The number of urea groups is 1. The van der Waals surface area contributed by atoms with Crippen molar-refractivity contribution in [3.05, 3.63) is 30.1 Å². The number of carbonyl (C=O) groups is 2. The molecule has 0 radical (unpaired) electrons. The van der Waals surface area contributed by atoms with Crippen LogP contribution in [0.5, 0.6) is 0 Å². The van der Waals surface area contributed by atoms with E-state index < -0.39 is 0 Å². The van der Waals surface area contributed by atoms with Crippen LogP contribution < -0.4 is 10.2 Å². The Labute approximate surface area is 190 Å². The molecular formula is C24H36FN5O2. The van der Waals surface area contributed by atoms with E-state index in [-0.39, 0.29) is 29.2 Å². The van der Waals surface area contributed by atoms with Crippen LogP contribution >= 0.6 is 0 Å². The number of nitrogens with one attached hydrogen (secondary N) is 1. The van der Waals surface area contributed by atoms with Gasteiger partial charge < -0.3 is 20.0 Å². The van der Waals surface area contributed by atoms with E-state index >= 15 is 0 Å². The van der Waals surface area contributed by atoms with E-state index in [9.17, 15) is 14.0 Å². The van der Waals surface area contributed by atoms with E-state index in [2.05, 4.69) is 22.0 Å². The fourth-order valence-electron chi connectivity index (χ4n) is 5.75. The topological polar surface area (TPSA) is 59.1 Å². The molecule has 1 spiro atoms. The van der Waals surface area contributed by atoms with Crippen LogP contribution in [-0.4, -0.2) is 92.1 Å². The number of piperazine rings is 1. The number of benzene rings is 1. The zero-order valence-electron chi connectivity index (χ0n) is 19.5. The minimum absolute atomic E-state index is 0.0519. The molecule has 4 rings (SSSR count). The first-order valence-corrected chi connectivity index (χ1v) is 11.8. The van der Waals surface area contributed by atoms with Crippen molar-refractivity contribution >= 4 is 17.6 Å². The highest BCUT2D eigenvalue weighted by Crippen LogP contribution is 2.44. The summed E-state index contributed by atoms with van der Waals surface area (Å²) in [5.74, 6) is 0.0565. The summed E-state index contributed by atoms with van der Waals surface area (Å²) in [5, 5.41) is 2.69. The Hall–Kier alpha value is -2.35. The number of carbonyl (C=O) groups excluding carboxylic acids is 2. The van der Waals surface area contributed by atoms with Gasteiger partial charge in [-0.1, -0.05) is 0 Å². The van der Waals surface area contributed by atoms with Gasteiger partial charge in [0, 0.05) is 71.1 Å². The fraction of sp³-hybridized carbons (Fsp3) is 0.667. The second kappa shape index (κ2) is 9.25. The molecule has 1 N–H and O–H groups in total. The third kappa shape index (κ3) is 4.42. The van der Waals surface area contributed by atoms with Crippen molar-refractivity contribution in [2.75, 3.05) is 58.3 Å². The van der Waals surface area contributed by atoms with Gasteiger partial charge in [0.1, 0.15) is 5.82 Å². The van der Waals surface area contributed by atoms with Gasteiger partial charge in [0.05, 0.1) is 5.41 Å². The fourth-order valence-corrected chi connectivity index (χ4v) is 5.75. The monoisotopic (exact) mass is 445 g/mol. The Kier molecular flexibility index (Phi) is 6.60. The van der Waals surface area contributed by atoms with Crippen molar-refractivity contribution in [1.82, 2.24) is 20.0 Å². The molecule has 0 saturated carbocycles. The number of anilines is 1. The number of halogens is 1. The van der Waals surface area contributed by atoms with Crippen LogP contribution in [0.25, 0.3) is 0 Å². The molecule has 3 heterocycles. The molecule has 2 atom stereocenters. The molecule has 3 saturated heterocycles. The lowest BCUT2D eigenvalue weighted by molar-refractivity contribution is -0.137. The maximum absolute atomic E-state index is 13.2. The summed E-state index contributed by atoms with van der Waals surface area (Å²) < 4.78 is 13.2. The van der Waals surface area contributed by atoms with Gasteiger partial charge in [0.25, 0.3) is 0 Å². The molecule has 1 aromatic carbocycles. The van der Waals surface area contributed by atoms with Crippen LogP contribution in [0, 0.1) is 11.2 Å². The van der Waals surface area contributed by atoms with E-state index in [1.165, 1.54) is 12.1 Å². The number of amides is 3. The van der Waals surface area contributed by atoms with Crippen LogP contribution in [0.2, 0.25) is 0 Å². The van der Waals surface area contributed by atoms with Crippen molar-refractivity contribution in [2.24, 2.45) is 5.41 Å². The van der Waals surface area contributed by atoms with E-state index in [0.29, 0.717) is 19.1 Å². The van der Waals surface area contributed by atoms with Crippen LogP contribution in [0.1, 0.15) is 32.6 Å². The van der Waals surface area contributed by atoms with Gasteiger partial charge in [-0.25, -0.2) is 9.18 Å². The average Bonchev–Trinajstić information content (AvgIpc) is 3.03. The molecule has 0 aliphatic carbocycles. The molecule has 3 fully saturated rings. The lowest BCUT2D eigenvalue weighted by Gasteiger charge is -2.41. The van der Waals surface area contributed by atoms with Gasteiger partial charge in [-0.15, -0.1) is 0 Å². The molecule has 7 nitrogen and oxygen atoms in total. The van der Waals surface area contributed by atoms with E-state index in [4.69, 9.17) is 0 Å². The van der Waals surface area contributed by atoms with Crippen molar-refractivity contribution in [2.45, 2.75) is 44.7 Å². The van der Waals surface area contributed by atoms with Crippen molar-refractivity contribution < 1.29 is 14.0 Å². The standard InChI is InChI=1S/C24H36FN5O2/c1-18-17-30(20-6-4-19(25)5-7-20)15-14-28(18)11-8-21-16-24(22(31)27(21)3)9-12-29(13-10-24)23(32)26-2/h4-7,18,21H,8-17H2,1-3H3,(H,26,32)/t18-,21-/m0/s1. The quantitative estimate of drug-likeness (QED) is 0.773. The van der Waals surface area contributed by atoms with Crippen LogP contribution in [-0.2, 0) is 4.79 Å². The summed E-state index contributed by atoms with van der Waals surface area (Å²) >= 11 is 0. The SMILES string of the molecule is CNC(=O)N1CCC2(CC1)C[C@H](CCN1CCN(c3ccc(F)cc3)C[C@@H]1C)N(C)C2=O. The number of hydrogen-bond donors (Lipinski definition) is 1. The molecule has 3 aliphatic heterocycles. The molecule has 0 bridgehead atoms. The summed E-state index contributed by atoms with van der Waals surface area (Å²) in [6, 6.07) is 7.36. The van der Waals surface area contributed by atoms with Crippen molar-refractivity contribution in [1.29, 1.82) is 0 Å². The molecule has 0 unspecified atom stereocenters. The maximum Gasteiger partial charge on any atom is 0.317 e. The predicted molar refractivity (Wildman–Crippen MR) is 123 cm³/mol. The normalized spacial score (nSPS) is 26.1. The van der Waals surface area contributed by atoms with Gasteiger partial charge >= 0.3 is 6.03 Å². The summed E-state index contributed by atoms with van der Waals surface area (Å²) in [6.07, 6.45) is 3.39. The van der Waals surface area contributed by atoms with E-state index in [0.717, 1.165) is 57.5 Å². The molecule has 3 amide bonds. The van der Waals surface area contributed by atoms with Gasteiger partial charge in [0.15, 0.2) is 0 Å². The minimum Gasteiger partial charge on any atom is -0.369 e. The number of likely N-dealkylation sites (tertiary alicyclic amines) is 2. The smallest absolute Gasteiger partial charge is 0.317 e. The lowest BCUT2D eigenvalue weighted by Crippen LogP contribution is -2.52.